The summed E-state index contributed by atoms with van der Waals surface area (Å²) in [5.41, 5.74) is 11.1. The van der Waals surface area contributed by atoms with Gasteiger partial charge < -0.3 is 15.3 Å². The van der Waals surface area contributed by atoms with Gasteiger partial charge in [0.2, 0.25) is 0 Å². The predicted molar refractivity (Wildman–Crippen MR) is 189 cm³/mol. The third-order valence-corrected chi connectivity index (χ3v) is 8.32. The van der Waals surface area contributed by atoms with Gasteiger partial charge in [0, 0.05) is 45.2 Å². The summed E-state index contributed by atoms with van der Waals surface area (Å²) < 4.78 is 2.38. The van der Waals surface area contributed by atoms with Crippen molar-refractivity contribution in [2.45, 2.75) is 34.1 Å². The number of aromatic nitrogens is 1. The number of aryl methyl sites for hydroxylation is 1. The van der Waals surface area contributed by atoms with Crippen LogP contribution in [0.25, 0.3) is 49.9 Å². The normalized spacial score (nSPS) is 12.6. The van der Waals surface area contributed by atoms with Crippen LogP contribution < -0.4 is 5.32 Å². The summed E-state index contributed by atoms with van der Waals surface area (Å²) in [6.07, 6.45) is 11.2. The molecule has 0 bridgehead atoms. The van der Waals surface area contributed by atoms with Gasteiger partial charge in [-0.3, -0.25) is 0 Å². The molecule has 3 nitrogen and oxygen atoms in total. The highest BCUT2D eigenvalue weighted by atomic mass is 15.0. The van der Waals surface area contributed by atoms with Crippen LogP contribution in [0.5, 0.6) is 0 Å². The molecule has 1 aromatic heterocycles. The van der Waals surface area contributed by atoms with E-state index in [1.54, 1.807) is 0 Å². The minimum atomic E-state index is 0.876. The van der Waals surface area contributed by atoms with Crippen LogP contribution in [-0.2, 0) is 6.42 Å². The lowest BCUT2D eigenvalue weighted by Crippen LogP contribution is -2.01. The monoisotopic (exact) mass is 559 g/mol. The van der Waals surface area contributed by atoms with Gasteiger partial charge in [-0.1, -0.05) is 91.9 Å². The molecular formula is C40H37N3. The first kappa shape index (κ1) is 28.0. The number of fused-ring (bicyclic) bond motifs is 4. The molecule has 0 saturated heterocycles. The second kappa shape index (κ2) is 12.0. The van der Waals surface area contributed by atoms with Gasteiger partial charge in [0.1, 0.15) is 0 Å². The van der Waals surface area contributed by atoms with Gasteiger partial charge >= 0.3 is 0 Å². The molecule has 0 atom stereocenters. The Kier molecular flexibility index (Phi) is 7.81. The Hall–Kier alpha value is -5.15. The maximum atomic E-state index is 8.65. The number of anilines is 2. The molecule has 212 valence electrons. The Bertz CT molecular complexity index is 2060. The van der Waals surface area contributed by atoms with Crippen LogP contribution in [0.4, 0.5) is 11.4 Å². The number of allylic oxidation sites excluding steroid dienone is 5. The van der Waals surface area contributed by atoms with Gasteiger partial charge in [0.15, 0.2) is 0 Å². The molecule has 0 amide bonds. The fourth-order valence-corrected chi connectivity index (χ4v) is 6.37. The van der Waals surface area contributed by atoms with E-state index in [0.717, 1.165) is 50.9 Å². The molecule has 0 radical (unpaired) electrons. The summed E-state index contributed by atoms with van der Waals surface area (Å²) in [5, 5.41) is 16.9. The Morgan fingerprint density at radius 3 is 2.16 bits per heavy atom. The number of hydrogen-bond acceptors (Lipinski definition) is 2. The van der Waals surface area contributed by atoms with Crippen molar-refractivity contribution in [3.05, 3.63) is 138 Å². The third kappa shape index (κ3) is 4.87. The van der Waals surface area contributed by atoms with E-state index in [4.69, 9.17) is 5.41 Å². The van der Waals surface area contributed by atoms with Crippen molar-refractivity contribution in [1.29, 1.82) is 5.41 Å². The van der Waals surface area contributed by atoms with E-state index in [1.807, 2.05) is 18.2 Å². The second-order valence-corrected chi connectivity index (χ2v) is 10.7. The number of para-hydroxylation sites is 1. The average Bonchev–Trinajstić information content (AvgIpc) is 3.36. The van der Waals surface area contributed by atoms with Gasteiger partial charge in [-0.15, -0.1) is 0 Å². The van der Waals surface area contributed by atoms with Crippen LogP contribution in [0.15, 0.2) is 115 Å². The fourth-order valence-electron chi connectivity index (χ4n) is 6.37. The topological polar surface area (TPSA) is 40.8 Å². The van der Waals surface area contributed by atoms with Crippen molar-refractivity contribution in [3.63, 3.8) is 0 Å². The zero-order valence-electron chi connectivity index (χ0n) is 25.3. The lowest BCUT2D eigenvalue weighted by molar-refractivity contribution is 1.14. The number of nitrogens with zero attached hydrogens (tertiary/aromatic N) is 1. The lowest BCUT2D eigenvalue weighted by Gasteiger charge is -2.17. The van der Waals surface area contributed by atoms with Crippen LogP contribution in [-0.4, -0.2) is 10.8 Å². The zero-order valence-corrected chi connectivity index (χ0v) is 25.3. The molecule has 6 aromatic rings. The molecule has 0 fully saturated rings. The zero-order chi connectivity index (χ0) is 29.9. The van der Waals surface area contributed by atoms with Crippen LogP contribution in [0.3, 0.4) is 0 Å². The van der Waals surface area contributed by atoms with E-state index in [1.165, 1.54) is 39.3 Å². The van der Waals surface area contributed by atoms with Crippen molar-refractivity contribution in [1.82, 2.24) is 4.57 Å². The van der Waals surface area contributed by atoms with Gasteiger partial charge in [-0.25, -0.2) is 0 Å². The Morgan fingerprint density at radius 1 is 0.767 bits per heavy atom. The minimum absolute atomic E-state index is 0.876. The Balaban J connectivity index is 1.74. The molecule has 0 saturated carbocycles. The maximum Gasteiger partial charge on any atom is 0.0549 e. The van der Waals surface area contributed by atoms with Gasteiger partial charge in [0.05, 0.1) is 11.0 Å². The van der Waals surface area contributed by atoms with Crippen LogP contribution in [0.2, 0.25) is 0 Å². The van der Waals surface area contributed by atoms with Crippen LogP contribution in [0, 0.1) is 5.41 Å². The molecule has 0 aliphatic heterocycles. The van der Waals surface area contributed by atoms with Gasteiger partial charge in [0.25, 0.3) is 0 Å². The van der Waals surface area contributed by atoms with Gasteiger partial charge in [-0.2, -0.15) is 0 Å². The van der Waals surface area contributed by atoms with Crippen molar-refractivity contribution in [2.24, 2.45) is 0 Å². The molecular weight excluding hydrogens is 522 g/mol. The summed E-state index contributed by atoms with van der Waals surface area (Å²) in [4.78, 5) is 0. The largest absolute Gasteiger partial charge is 0.355 e. The first-order valence-corrected chi connectivity index (χ1v) is 15.0. The molecule has 3 heteroatoms. The second-order valence-electron chi connectivity index (χ2n) is 10.7. The summed E-state index contributed by atoms with van der Waals surface area (Å²) >= 11 is 0. The van der Waals surface area contributed by atoms with Crippen molar-refractivity contribution < 1.29 is 0 Å². The van der Waals surface area contributed by atoms with E-state index in [0.29, 0.717) is 0 Å². The molecule has 0 spiro atoms. The molecule has 0 aliphatic carbocycles. The standard InChI is InChI=1S/C40H37N3/c1-5-15-32-27(6-2)20-21-29-24-39-34(25-33(29)32)40-35(26-41)36(42-30-18-13-10-14-19-30)22-23-38(40)43(39)37(8-4)31(7-3)28-16-11-9-12-17-28/h5,7-26,41-42H,6H2,1-4H3/b15-5-,31-7-,37-8+,41-26?. The number of rotatable bonds is 8. The Morgan fingerprint density at radius 2 is 1.51 bits per heavy atom. The molecule has 43 heavy (non-hydrogen) atoms. The first-order chi connectivity index (χ1) is 21.1. The maximum absolute atomic E-state index is 8.65. The SMILES string of the molecule is C/C=C\c1c(CC)ccc2cc3c(cc12)c1c(C=N)c(Nc2ccccc2)ccc1n3C(=C/C)/C(=C\C)c1ccccc1. The molecule has 0 aliphatic rings. The lowest BCUT2D eigenvalue weighted by atomic mass is 9.94. The molecule has 2 N–H and O–H groups in total. The summed E-state index contributed by atoms with van der Waals surface area (Å²) in [5.74, 6) is 0. The minimum Gasteiger partial charge on any atom is -0.355 e. The molecule has 5 aromatic carbocycles. The van der Waals surface area contributed by atoms with Crippen LogP contribution >= 0.6 is 0 Å². The Labute approximate surface area is 254 Å². The number of nitrogens with one attached hydrogen (secondary N) is 2. The third-order valence-electron chi connectivity index (χ3n) is 8.32. The van der Waals surface area contributed by atoms with E-state index >= 15 is 0 Å². The van der Waals surface area contributed by atoms with E-state index in [9.17, 15) is 0 Å². The van der Waals surface area contributed by atoms with Crippen molar-refractivity contribution >= 4 is 67.5 Å². The van der Waals surface area contributed by atoms with Crippen molar-refractivity contribution in [3.8, 4) is 0 Å². The number of hydrogen-bond donors (Lipinski definition) is 2. The van der Waals surface area contributed by atoms with Gasteiger partial charge in [-0.05, 0) is 91.1 Å². The van der Waals surface area contributed by atoms with E-state index in [-0.39, 0.29) is 0 Å². The summed E-state index contributed by atoms with van der Waals surface area (Å²) in [6.45, 7) is 8.52. The predicted octanol–water partition coefficient (Wildman–Crippen LogP) is 11.2. The van der Waals surface area contributed by atoms with Crippen LogP contribution in [0.1, 0.15) is 49.9 Å². The average molecular weight is 560 g/mol. The summed E-state index contributed by atoms with van der Waals surface area (Å²) in [7, 11) is 0. The van der Waals surface area contributed by atoms with E-state index < -0.39 is 0 Å². The molecule has 0 unspecified atom stereocenters. The highest BCUT2D eigenvalue weighted by Crippen LogP contribution is 2.42. The van der Waals surface area contributed by atoms with E-state index in [2.05, 4.69) is 141 Å². The molecule has 6 rings (SSSR count). The number of benzene rings is 5. The van der Waals surface area contributed by atoms with Crippen molar-refractivity contribution in [2.75, 3.05) is 5.32 Å². The summed E-state index contributed by atoms with van der Waals surface area (Å²) in [6, 6.07) is 34.3. The highest BCUT2D eigenvalue weighted by molar-refractivity contribution is 6.23. The first-order valence-electron chi connectivity index (χ1n) is 15.0. The smallest absolute Gasteiger partial charge is 0.0549 e. The fraction of sp³-hybridized carbons (Fsp3) is 0.125. The highest BCUT2D eigenvalue weighted by Gasteiger charge is 2.21. The quantitative estimate of drug-likeness (QED) is 0.141. The molecule has 1 heterocycles.